The Kier molecular flexibility index (Phi) is 4.84. The molecule has 0 atom stereocenters. The Hall–Kier alpha value is -1.60. The predicted octanol–water partition coefficient (Wildman–Crippen LogP) is 0.945. The van der Waals surface area contributed by atoms with Gasteiger partial charge in [0.2, 0.25) is 10.0 Å². The van der Waals surface area contributed by atoms with E-state index in [9.17, 15) is 13.2 Å². The topological polar surface area (TPSA) is 66.9 Å². The zero-order chi connectivity index (χ0) is 15.5. The van der Waals surface area contributed by atoms with Crippen LogP contribution in [-0.2, 0) is 14.8 Å². The summed E-state index contributed by atoms with van der Waals surface area (Å²) in [6, 6.07) is 7.25. The van der Waals surface area contributed by atoms with E-state index in [4.69, 9.17) is 4.74 Å². The molecule has 2 rings (SSSR count). The van der Waals surface area contributed by atoms with E-state index in [-0.39, 0.29) is 5.97 Å². The number of para-hydroxylation sites is 1. The maximum atomic E-state index is 12.0. The van der Waals surface area contributed by atoms with Gasteiger partial charge < -0.3 is 9.64 Å². The molecule has 1 aromatic carbocycles. The number of hydrogen-bond donors (Lipinski definition) is 0. The molecule has 0 bridgehead atoms. The third-order valence-corrected chi connectivity index (χ3v) is 4.75. The number of carbonyl (C=O) groups excluding carboxylic acids is 1. The molecule has 1 aliphatic heterocycles. The number of hydrogen-bond acceptors (Lipinski definition) is 5. The van der Waals surface area contributed by atoms with Crippen molar-refractivity contribution >= 4 is 21.7 Å². The van der Waals surface area contributed by atoms with Gasteiger partial charge in [-0.3, -0.25) is 0 Å². The summed E-state index contributed by atoms with van der Waals surface area (Å²) in [6.45, 7) is 4.07. The maximum absolute atomic E-state index is 12.0. The number of rotatable bonds is 4. The Labute approximate surface area is 125 Å². The van der Waals surface area contributed by atoms with E-state index in [1.165, 1.54) is 10.6 Å². The van der Waals surface area contributed by atoms with Crippen molar-refractivity contribution in [1.29, 1.82) is 0 Å². The Morgan fingerprint density at radius 1 is 1.19 bits per heavy atom. The molecule has 0 N–H and O–H groups in total. The van der Waals surface area contributed by atoms with Gasteiger partial charge in [-0.05, 0) is 19.1 Å². The van der Waals surface area contributed by atoms with E-state index >= 15 is 0 Å². The lowest BCUT2D eigenvalue weighted by Crippen LogP contribution is -2.48. The van der Waals surface area contributed by atoms with Crippen LogP contribution in [0.3, 0.4) is 0 Å². The van der Waals surface area contributed by atoms with Gasteiger partial charge in [0.05, 0.1) is 24.1 Å². The van der Waals surface area contributed by atoms with Crippen LogP contribution in [0.25, 0.3) is 0 Å². The number of benzene rings is 1. The van der Waals surface area contributed by atoms with Crippen LogP contribution in [0.2, 0.25) is 0 Å². The summed E-state index contributed by atoms with van der Waals surface area (Å²) >= 11 is 0. The second-order valence-electron chi connectivity index (χ2n) is 4.89. The molecule has 1 fully saturated rings. The fourth-order valence-corrected chi connectivity index (χ4v) is 3.22. The lowest BCUT2D eigenvalue weighted by atomic mass is 10.1. The first-order valence-corrected chi connectivity index (χ1v) is 8.74. The van der Waals surface area contributed by atoms with Crippen molar-refractivity contribution in [3.8, 4) is 0 Å². The first-order valence-electron chi connectivity index (χ1n) is 6.89. The summed E-state index contributed by atoms with van der Waals surface area (Å²) in [5.74, 6) is -0.348. The molecule has 0 unspecified atom stereocenters. The first-order chi connectivity index (χ1) is 9.93. The van der Waals surface area contributed by atoms with Gasteiger partial charge >= 0.3 is 5.97 Å². The number of nitrogens with zero attached hydrogens (tertiary/aromatic N) is 2. The fourth-order valence-electron chi connectivity index (χ4n) is 2.39. The second kappa shape index (κ2) is 6.44. The van der Waals surface area contributed by atoms with Crippen LogP contribution >= 0.6 is 0 Å². The maximum Gasteiger partial charge on any atom is 0.340 e. The molecular weight excluding hydrogens is 292 g/mol. The number of anilines is 1. The lowest BCUT2D eigenvalue weighted by molar-refractivity contribution is 0.0527. The van der Waals surface area contributed by atoms with Crippen molar-refractivity contribution in [2.24, 2.45) is 0 Å². The zero-order valence-corrected chi connectivity index (χ0v) is 13.1. The summed E-state index contributed by atoms with van der Waals surface area (Å²) in [5.41, 5.74) is 1.32. The third-order valence-electron chi connectivity index (χ3n) is 3.45. The predicted molar refractivity (Wildman–Crippen MR) is 81.0 cm³/mol. The minimum atomic E-state index is -3.15. The van der Waals surface area contributed by atoms with Crippen molar-refractivity contribution < 1.29 is 17.9 Å². The molecule has 0 amide bonds. The number of carbonyl (C=O) groups is 1. The second-order valence-corrected chi connectivity index (χ2v) is 6.87. The van der Waals surface area contributed by atoms with Crippen LogP contribution in [0.4, 0.5) is 5.69 Å². The van der Waals surface area contributed by atoms with E-state index in [0.29, 0.717) is 38.3 Å². The first kappa shape index (κ1) is 15.8. The molecule has 6 nitrogen and oxygen atoms in total. The molecule has 7 heteroatoms. The van der Waals surface area contributed by atoms with Gasteiger partial charge in [-0.2, -0.15) is 4.31 Å². The van der Waals surface area contributed by atoms with Crippen molar-refractivity contribution in [3.63, 3.8) is 0 Å². The molecule has 116 valence electrons. The van der Waals surface area contributed by atoms with Gasteiger partial charge in [-0.1, -0.05) is 12.1 Å². The highest BCUT2D eigenvalue weighted by molar-refractivity contribution is 7.88. The van der Waals surface area contributed by atoms with Gasteiger partial charge in [-0.15, -0.1) is 0 Å². The molecule has 0 radical (unpaired) electrons. The van der Waals surface area contributed by atoms with Crippen LogP contribution in [-0.4, -0.2) is 57.7 Å². The van der Waals surface area contributed by atoms with Gasteiger partial charge in [0.1, 0.15) is 0 Å². The number of ether oxygens (including phenoxy) is 1. The number of piperazine rings is 1. The highest BCUT2D eigenvalue weighted by Gasteiger charge is 2.25. The van der Waals surface area contributed by atoms with Crippen molar-refractivity contribution in [2.45, 2.75) is 6.92 Å². The highest BCUT2D eigenvalue weighted by atomic mass is 32.2. The molecular formula is C14H20N2O4S. The zero-order valence-electron chi connectivity index (χ0n) is 12.3. The SMILES string of the molecule is CCOC(=O)c1ccccc1N1CCN(S(C)(=O)=O)CC1. The minimum absolute atomic E-state index is 0.328. The molecule has 1 aromatic rings. The van der Waals surface area contributed by atoms with Crippen molar-refractivity contribution in [3.05, 3.63) is 29.8 Å². The molecule has 1 saturated heterocycles. The van der Waals surface area contributed by atoms with E-state index < -0.39 is 10.0 Å². The summed E-state index contributed by atoms with van der Waals surface area (Å²) in [6.07, 6.45) is 1.22. The Morgan fingerprint density at radius 2 is 1.81 bits per heavy atom. The normalized spacial score (nSPS) is 16.8. The Balaban J connectivity index is 2.15. The van der Waals surface area contributed by atoms with Crippen molar-refractivity contribution in [2.75, 3.05) is 43.9 Å². The highest BCUT2D eigenvalue weighted by Crippen LogP contribution is 2.23. The van der Waals surface area contributed by atoms with Crippen LogP contribution in [0, 0.1) is 0 Å². The van der Waals surface area contributed by atoms with E-state index in [0.717, 1.165) is 5.69 Å². The summed E-state index contributed by atoms with van der Waals surface area (Å²) < 4.78 is 29.6. The molecule has 1 aliphatic rings. The van der Waals surface area contributed by atoms with Crippen molar-refractivity contribution in [1.82, 2.24) is 4.31 Å². The molecule has 0 saturated carbocycles. The standard InChI is InChI=1S/C14H20N2O4S/c1-3-20-14(17)12-6-4-5-7-13(12)15-8-10-16(11-9-15)21(2,18)19/h4-7H,3,8-11H2,1-2H3. The Morgan fingerprint density at radius 3 is 2.38 bits per heavy atom. The monoisotopic (exact) mass is 312 g/mol. The van der Waals surface area contributed by atoms with E-state index in [2.05, 4.69) is 0 Å². The van der Waals surface area contributed by atoms with E-state index in [1.54, 1.807) is 19.1 Å². The smallest absolute Gasteiger partial charge is 0.340 e. The van der Waals surface area contributed by atoms with Gasteiger partial charge in [0.15, 0.2) is 0 Å². The summed E-state index contributed by atoms with van der Waals surface area (Å²) in [7, 11) is -3.15. The third kappa shape index (κ3) is 3.74. The van der Waals surface area contributed by atoms with Gasteiger partial charge in [0, 0.05) is 26.2 Å². The minimum Gasteiger partial charge on any atom is -0.462 e. The molecule has 0 aliphatic carbocycles. The van der Waals surface area contributed by atoms with Crippen LogP contribution in [0.5, 0.6) is 0 Å². The van der Waals surface area contributed by atoms with Gasteiger partial charge in [-0.25, -0.2) is 13.2 Å². The van der Waals surface area contributed by atoms with Gasteiger partial charge in [0.25, 0.3) is 0 Å². The average Bonchev–Trinajstić information content (AvgIpc) is 2.47. The molecule has 0 spiro atoms. The molecule has 0 aromatic heterocycles. The van der Waals surface area contributed by atoms with Crippen LogP contribution in [0.15, 0.2) is 24.3 Å². The quantitative estimate of drug-likeness (QED) is 0.774. The summed E-state index contributed by atoms with van der Waals surface area (Å²) in [4.78, 5) is 14.0. The van der Waals surface area contributed by atoms with Crippen LogP contribution in [0.1, 0.15) is 17.3 Å². The average molecular weight is 312 g/mol. The Bertz CT molecular complexity index is 607. The lowest BCUT2D eigenvalue weighted by Gasteiger charge is -2.35. The molecule has 21 heavy (non-hydrogen) atoms. The summed E-state index contributed by atoms with van der Waals surface area (Å²) in [5, 5.41) is 0. The number of sulfonamides is 1. The van der Waals surface area contributed by atoms with E-state index in [1.807, 2.05) is 17.0 Å². The largest absolute Gasteiger partial charge is 0.462 e. The number of esters is 1. The van der Waals surface area contributed by atoms with Crippen LogP contribution < -0.4 is 4.90 Å². The fraction of sp³-hybridized carbons (Fsp3) is 0.500. The molecule has 1 heterocycles.